The highest BCUT2D eigenvalue weighted by Gasteiger charge is 2.51. The molecule has 17 heavy (non-hydrogen) atoms. The Morgan fingerprint density at radius 2 is 1.47 bits per heavy atom. The number of carbonyl (C=O) groups is 1. The third kappa shape index (κ3) is 6.67. The molecule has 2 aliphatic rings. The second-order valence-corrected chi connectivity index (χ2v) is 4.38. The fourth-order valence-electron chi connectivity index (χ4n) is 2.31. The maximum Gasteiger partial charge on any atom is 0.290 e. The third-order valence-electron chi connectivity index (χ3n) is 3.58. The fraction of sp³-hybridized carbons (Fsp3) is 0.929. The first-order chi connectivity index (χ1) is 8.14. The van der Waals surface area contributed by atoms with E-state index in [1.807, 2.05) is 27.7 Å². The zero-order valence-corrected chi connectivity index (χ0v) is 12.5. The molecule has 1 aliphatic heterocycles. The predicted octanol–water partition coefficient (Wildman–Crippen LogP) is 3.49. The average molecular weight is 245 g/mol. The van der Waals surface area contributed by atoms with Gasteiger partial charge in [-0.2, -0.15) is 0 Å². The van der Waals surface area contributed by atoms with Gasteiger partial charge in [0.2, 0.25) is 0 Å². The third-order valence-corrected chi connectivity index (χ3v) is 3.58. The van der Waals surface area contributed by atoms with Crippen LogP contribution in [0.15, 0.2) is 0 Å². The maximum atomic E-state index is 8.36. The predicted molar refractivity (Wildman–Crippen MR) is 74.3 cm³/mol. The Kier molecular flexibility index (Phi) is 11.7. The van der Waals surface area contributed by atoms with E-state index in [-0.39, 0.29) is 6.47 Å². The average Bonchev–Trinajstić information content (AvgIpc) is 3.00. The van der Waals surface area contributed by atoms with Crippen LogP contribution in [0.2, 0.25) is 0 Å². The van der Waals surface area contributed by atoms with Gasteiger partial charge in [-0.15, -0.1) is 0 Å². The lowest BCUT2D eigenvalue weighted by molar-refractivity contribution is -0.122. The van der Waals surface area contributed by atoms with Crippen molar-refractivity contribution in [1.82, 2.24) is 4.90 Å². The Balaban J connectivity index is 0. The van der Waals surface area contributed by atoms with Crippen molar-refractivity contribution in [1.29, 1.82) is 0 Å². The van der Waals surface area contributed by atoms with Crippen LogP contribution in [0.25, 0.3) is 0 Å². The molecule has 104 valence electrons. The van der Waals surface area contributed by atoms with Crippen molar-refractivity contribution in [3.05, 3.63) is 0 Å². The summed E-state index contributed by atoms with van der Waals surface area (Å²) < 4.78 is 0. The zero-order chi connectivity index (χ0) is 13.9. The number of hydrogen-bond acceptors (Lipinski definition) is 2. The van der Waals surface area contributed by atoms with Crippen molar-refractivity contribution in [3.8, 4) is 0 Å². The lowest BCUT2D eigenvalue weighted by Gasteiger charge is -2.29. The van der Waals surface area contributed by atoms with Gasteiger partial charge in [-0.1, -0.05) is 34.6 Å². The van der Waals surface area contributed by atoms with E-state index in [0.717, 1.165) is 11.3 Å². The van der Waals surface area contributed by atoms with Gasteiger partial charge in [-0.3, -0.25) is 4.79 Å². The Morgan fingerprint density at radius 3 is 1.71 bits per heavy atom. The molecule has 0 aromatic heterocycles. The summed E-state index contributed by atoms with van der Waals surface area (Å²) in [7, 11) is 2.24. The molecule has 3 heteroatoms. The first-order valence-electron chi connectivity index (χ1n) is 6.91. The number of likely N-dealkylation sites (tertiary alicyclic amines) is 1. The van der Waals surface area contributed by atoms with Gasteiger partial charge in [-0.25, -0.2) is 0 Å². The molecule has 1 heterocycles. The van der Waals surface area contributed by atoms with Crippen LogP contribution < -0.4 is 0 Å². The molecule has 1 aliphatic carbocycles. The molecule has 2 rings (SSSR count). The summed E-state index contributed by atoms with van der Waals surface area (Å²) in [4.78, 5) is 10.8. The quantitative estimate of drug-likeness (QED) is 0.664. The molecule has 0 aromatic rings. The van der Waals surface area contributed by atoms with Crippen LogP contribution in [0.4, 0.5) is 0 Å². The molecular formula is C14H31NO2. The number of hydrogen-bond donors (Lipinski definition) is 1. The Labute approximate surface area is 107 Å². The Hall–Kier alpha value is -0.570. The van der Waals surface area contributed by atoms with Crippen LogP contribution in [0, 0.1) is 11.3 Å². The number of piperidine rings is 1. The van der Waals surface area contributed by atoms with Crippen LogP contribution in [0.5, 0.6) is 0 Å². The summed E-state index contributed by atoms with van der Waals surface area (Å²) in [5.74, 6) is 1.04. The van der Waals surface area contributed by atoms with Gasteiger partial charge >= 0.3 is 0 Å². The van der Waals surface area contributed by atoms with Crippen LogP contribution in [0.3, 0.4) is 0 Å². The first kappa shape index (κ1) is 18.8. The molecule has 1 atom stereocenters. The summed E-state index contributed by atoms with van der Waals surface area (Å²) in [5.41, 5.74) is 0.826. The highest BCUT2D eigenvalue weighted by atomic mass is 16.3. The molecule has 1 saturated heterocycles. The van der Waals surface area contributed by atoms with Crippen LogP contribution in [-0.2, 0) is 4.79 Å². The van der Waals surface area contributed by atoms with Gasteiger partial charge < -0.3 is 10.0 Å². The van der Waals surface area contributed by atoms with E-state index >= 15 is 0 Å². The second-order valence-electron chi connectivity index (χ2n) is 4.38. The molecule has 3 nitrogen and oxygen atoms in total. The highest BCUT2D eigenvalue weighted by molar-refractivity contribution is 5.32. The minimum atomic E-state index is -0.250. The molecule has 0 amide bonds. The SMILES string of the molecule is CC.CC.CC1CC12CCN(C)CC2.O=CO. The van der Waals surface area contributed by atoms with E-state index in [1.54, 1.807) is 0 Å². The van der Waals surface area contributed by atoms with Gasteiger partial charge in [0.25, 0.3) is 6.47 Å². The van der Waals surface area contributed by atoms with Crippen molar-refractivity contribution >= 4 is 6.47 Å². The lowest BCUT2D eigenvalue weighted by Crippen LogP contribution is -2.31. The number of rotatable bonds is 0. The summed E-state index contributed by atoms with van der Waals surface area (Å²) in [6.45, 7) is 12.8. The minimum absolute atomic E-state index is 0.250. The smallest absolute Gasteiger partial charge is 0.290 e. The first-order valence-corrected chi connectivity index (χ1v) is 6.91. The van der Waals surface area contributed by atoms with Crippen LogP contribution >= 0.6 is 0 Å². The van der Waals surface area contributed by atoms with E-state index in [2.05, 4.69) is 18.9 Å². The van der Waals surface area contributed by atoms with Crippen molar-refractivity contribution < 1.29 is 9.90 Å². The maximum absolute atomic E-state index is 8.36. The zero-order valence-electron chi connectivity index (χ0n) is 12.5. The molecular weight excluding hydrogens is 214 g/mol. The molecule has 1 unspecified atom stereocenters. The van der Waals surface area contributed by atoms with Crippen molar-refractivity contribution in [2.24, 2.45) is 11.3 Å². The van der Waals surface area contributed by atoms with E-state index in [9.17, 15) is 0 Å². The molecule has 0 aromatic carbocycles. The van der Waals surface area contributed by atoms with Gasteiger partial charge in [0, 0.05) is 0 Å². The standard InChI is InChI=1S/C9H17N.2C2H6.CH2O2/c1-8-7-9(8)3-5-10(2)6-4-9;2*1-2;2-1-3/h8H,3-7H2,1-2H3;2*1-2H3;1H,(H,2,3). The van der Waals surface area contributed by atoms with Crippen LogP contribution in [0.1, 0.15) is 53.9 Å². The van der Waals surface area contributed by atoms with Gasteiger partial charge in [0.15, 0.2) is 0 Å². The Morgan fingerprint density at radius 1 is 1.18 bits per heavy atom. The van der Waals surface area contributed by atoms with Crippen molar-refractivity contribution in [2.75, 3.05) is 20.1 Å². The molecule has 2 fully saturated rings. The van der Waals surface area contributed by atoms with Crippen molar-refractivity contribution in [2.45, 2.75) is 53.9 Å². The molecule has 0 bridgehead atoms. The number of nitrogens with zero attached hydrogens (tertiary/aromatic N) is 1. The topological polar surface area (TPSA) is 40.5 Å². The van der Waals surface area contributed by atoms with Gasteiger partial charge in [-0.05, 0) is 50.7 Å². The second kappa shape index (κ2) is 10.6. The van der Waals surface area contributed by atoms with Gasteiger partial charge in [0.1, 0.15) is 0 Å². The Bertz CT molecular complexity index is 175. The summed E-state index contributed by atoms with van der Waals surface area (Å²) in [5, 5.41) is 6.89. The highest BCUT2D eigenvalue weighted by Crippen LogP contribution is 2.58. The largest absolute Gasteiger partial charge is 0.483 e. The van der Waals surface area contributed by atoms with Gasteiger partial charge in [0.05, 0.1) is 0 Å². The molecule has 0 radical (unpaired) electrons. The van der Waals surface area contributed by atoms with E-state index in [1.165, 1.54) is 32.4 Å². The fourth-order valence-corrected chi connectivity index (χ4v) is 2.31. The van der Waals surface area contributed by atoms with E-state index in [4.69, 9.17) is 9.90 Å². The summed E-state index contributed by atoms with van der Waals surface area (Å²) in [6, 6.07) is 0. The van der Waals surface area contributed by atoms with Crippen LogP contribution in [-0.4, -0.2) is 36.6 Å². The molecule has 1 saturated carbocycles. The summed E-state index contributed by atoms with van der Waals surface area (Å²) >= 11 is 0. The molecule has 1 N–H and O–H groups in total. The number of carboxylic acid groups (broad SMARTS) is 1. The lowest BCUT2D eigenvalue weighted by atomic mass is 9.92. The minimum Gasteiger partial charge on any atom is -0.483 e. The van der Waals surface area contributed by atoms with E-state index in [0.29, 0.717) is 0 Å². The monoisotopic (exact) mass is 245 g/mol. The van der Waals surface area contributed by atoms with E-state index < -0.39 is 0 Å². The summed E-state index contributed by atoms with van der Waals surface area (Å²) in [6.07, 6.45) is 4.44. The van der Waals surface area contributed by atoms with Crippen molar-refractivity contribution in [3.63, 3.8) is 0 Å². The normalized spacial score (nSPS) is 24.0. The molecule has 1 spiro atoms.